The van der Waals surface area contributed by atoms with E-state index in [9.17, 15) is 13.2 Å². The van der Waals surface area contributed by atoms with E-state index in [1.54, 1.807) is 0 Å². The third-order valence-electron chi connectivity index (χ3n) is 2.34. The van der Waals surface area contributed by atoms with Gasteiger partial charge in [0.1, 0.15) is 6.54 Å². The summed E-state index contributed by atoms with van der Waals surface area (Å²) < 4.78 is 60.5. The Morgan fingerprint density at radius 1 is 1.33 bits per heavy atom. The fourth-order valence-corrected chi connectivity index (χ4v) is 1.53. The Morgan fingerprint density at radius 2 is 2.06 bits per heavy atom. The van der Waals surface area contributed by atoms with Gasteiger partial charge in [-0.1, -0.05) is 6.85 Å². The summed E-state index contributed by atoms with van der Waals surface area (Å²) in [6.07, 6.45) is -0.417. The number of hydrogen-bond acceptors (Lipinski definition) is 2. The first kappa shape index (κ1) is 9.13. The molecule has 0 aliphatic carbocycles. The van der Waals surface area contributed by atoms with Crippen LogP contribution in [0.2, 0.25) is 0 Å². The summed E-state index contributed by atoms with van der Waals surface area (Å²) in [4.78, 5) is 3.80. The van der Waals surface area contributed by atoms with Gasteiger partial charge in [0.2, 0.25) is 0 Å². The van der Waals surface area contributed by atoms with Crippen LogP contribution in [0.1, 0.15) is 28.1 Å². The molecule has 2 heterocycles. The maximum Gasteiger partial charge on any atom is 0.408 e. The van der Waals surface area contributed by atoms with Gasteiger partial charge in [-0.3, -0.25) is 9.67 Å². The second kappa shape index (κ2) is 4.80. The van der Waals surface area contributed by atoms with Crippen molar-refractivity contribution in [1.82, 2.24) is 14.8 Å². The summed E-state index contributed by atoms with van der Waals surface area (Å²) in [5.41, 5.74) is 0.507. The topological polar surface area (TPSA) is 30.7 Å². The summed E-state index contributed by atoms with van der Waals surface area (Å²) in [7, 11) is 0. The normalized spacial score (nSPS) is 16.7. The van der Waals surface area contributed by atoms with Gasteiger partial charge in [0.15, 0.2) is 0 Å². The lowest BCUT2D eigenvalue weighted by atomic mass is 9.99. The van der Waals surface area contributed by atoms with Crippen molar-refractivity contribution in [3.63, 3.8) is 0 Å². The molecule has 0 aliphatic rings. The fourth-order valence-electron chi connectivity index (χ4n) is 1.53. The van der Waals surface area contributed by atoms with Crippen molar-refractivity contribution in [2.24, 2.45) is 0 Å². The van der Waals surface area contributed by atoms with Gasteiger partial charge in [-0.15, -0.1) is 0 Å². The van der Waals surface area contributed by atoms with Gasteiger partial charge in [-0.2, -0.15) is 18.3 Å². The molecule has 0 radical (unpaired) electrons. The van der Waals surface area contributed by atoms with Gasteiger partial charge in [0.05, 0.1) is 5.69 Å². The zero-order valence-corrected chi connectivity index (χ0v) is 9.22. The lowest BCUT2D eigenvalue weighted by Crippen LogP contribution is -2.18. The molecule has 0 saturated heterocycles. The number of aromatic nitrogens is 3. The van der Waals surface area contributed by atoms with Crippen molar-refractivity contribution in [2.75, 3.05) is 0 Å². The van der Waals surface area contributed by atoms with E-state index in [2.05, 4.69) is 10.1 Å². The molecule has 0 N–H and O–H groups in total. The van der Waals surface area contributed by atoms with E-state index < -0.39 is 25.5 Å². The third-order valence-corrected chi connectivity index (χ3v) is 2.34. The molecule has 18 heavy (non-hydrogen) atoms. The van der Waals surface area contributed by atoms with E-state index in [-0.39, 0.29) is 5.69 Å². The van der Waals surface area contributed by atoms with Crippen LogP contribution in [0.3, 0.4) is 0 Å². The first-order valence-corrected chi connectivity index (χ1v) is 5.17. The zero-order valence-electron chi connectivity index (χ0n) is 12.2. The monoisotopic (exact) mass is 258 g/mol. The maximum absolute atomic E-state index is 12.3. The molecule has 2 aromatic rings. The molecule has 0 saturated carbocycles. The van der Waals surface area contributed by atoms with Crippen molar-refractivity contribution in [1.29, 1.82) is 0 Å². The van der Waals surface area contributed by atoms with Crippen LogP contribution in [0.4, 0.5) is 13.2 Å². The van der Waals surface area contributed by atoms with Gasteiger partial charge >= 0.3 is 6.18 Å². The van der Waals surface area contributed by atoms with Gasteiger partial charge < -0.3 is 0 Å². The quantitative estimate of drug-likeness (QED) is 0.847. The van der Waals surface area contributed by atoms with E-state index in [0.717, 1.165) is 6.20 Å². The minimum Gasteiger partial charge on any atom is -0.265 e. The number of nitrogens with zero attached hydrogens (tertiary/aromatic N) is 3. The Balaban J connectivity index is 2.35. The SMILES string of the molecule is [2H]C([2H])([2H])C(c1ccncc1)c1ccn(CC(F)(F)F)n1. The highest BCUT2D eigenvalue weighted by molar-refractivity contribution is 5.24. The first-order chi connectivity index (χ1) is 9.67. The van der Waals surface area contributed by atoms with Crippen molar-refractivity contribution < 1.29 is 17.3 Å². The minimum absolute atomic E-state index is 0.0745. The Labute approximate surface area is 106 Å². The first-order valence-electron chi connectivity index (χ1n) is 6.67. The van der Waals surface area contributed by atoms with E-state index in [4.69, 9.17) is 4.11 Å². The predicted molar refractivity (Wildman–Crippen MR) is 60.0 cm³/mol. The van der Waals surface area contributed by atoms with Gasteiger partial charge in [-0.05, 0) is 23.8 Å². The number of hydrogen-bond donors (Lipinski definition) is 0. The van der Waals surface area contributed by atoms with E-state index in [1.165, 1.54) is 30.6 Å². The van der Waals surface area contributed by atoms with Crippen molar-refractivity contribution >= 4 is 0 Å². The Hall–Kier alpha value is -1.85. The zero-order chi connectivity index (χ0) is 15.7. The highest BCUT2D eigenvalue weighted by Gasteiger charge is 2.28. The van der Waals surface area contributed by atoms with E-state index in [1.807, 2.05) is 0 Å². The average molecular weight is 258 g/mol. The number of rotatable bonds is 3. The summed E-state index contributed by atoms with van der Waals surface area (Å²) in [6, 6.07) is 4.32. The summed E-state index contributed by atoms with van der Waals surface area (Å²) >= 11 is 0. The van der Waals surface area contributed by atoms with Crippen molar-refractivity contribution in [3.8, 4) is 0 Å². The molecule has 0 bridgehead atoms. The van der Waals surface area contributed by atoms with Crippen LogP contribution in [0.25, 0.3) is 0 Å². The molecule has 96 valence electrons. The average Bonchev–Trinajstić information content (AvgIpc) is 2.74. The second-order valence-corrected chi connectivity index (χ2v) is 3.77. The second-order valence-electron chi connectivity index (χ2n) is 3.77. The highest BCUT2D eigenvalue weighted by Crippen LogP contribution is 2.23. The molecule has 0 aromatic carbocycles. The van der Waals surface area contributed by atoms with Gasteiger partial charge in [0, 0.05) is 28.6 Å². The van der Waals surface area contributed by atoms with Crippen molar-refractivity contribution in [3.05, 3.63) is 48.0 Å². The maximum atomic E-state index is 12.3. The molecule has 0 fully saturated rings. The molecule has 1 atom stereocenters. The largest absolute Gasteiger partial charge is 0.408 e. The molecular weight excluding hydrogens is 243 g/mol. The van der Waals surface area contributed by atoms with Gasteiger partial charge in [-0.25, -0.2) is 0 Å². The van der Waals surface area contributed by atoms with E-state index in [0.29, 0.717) is 10.2 Å². The van der Waals surface area contributed by atoms with Gasteiger partial charge in [0.25, 0.3) is 0 Å². The molecule has 0 aliphatic heterocycles. The standard InChI is InChI=1S/C12H12F3N3/c1-9(10-2-5-16-6-3-10)11-4-7-18(17-11)8-12(13,14)15/h2-7,9H,8H2,1H3/i1D3. The Kier molecular flexibility index (Phi) is 2.43. The summed E-state index contributed by atoms with van der Waals surface area (Å²) in [5.74, 6) is -1.09. The molecule has 1 unspecified atom stereocenters. The van der Waals surface area contributed by atoms with Crippen LogP contribution >= 0.6 is 0 Å². The van der Waals surface area contributed by atoms with Crippen LogP contribution in [0.5, 0.6) is 0 Å². The highest BCUT2D eigenvalue weighted by atomic mass is 19.4. The molecule has 3 nitrogen and oxygen atoms in total. The van der Waals surface area contributed by atoms with Crippen LogP contribution in [-0.4, -0.2) is 20.9 Å². The molecule has 2 aromatic heterocycles. The van der Waals surface area contributed by atoms with Crippen LogP contribution in [0, 0.1) is 0 Å². The molecule has 2 rings (SSSR count). The van der Waals surface area contributed by atoms with Crippen LogP contribution in [-0.2, 0) is 6.54 Å². The Bertz CT molecular complexity index is 593. The third kappa shape index (κ3) is 3.09. The van der Waals surface area contributed by atoms with E-state index >= 15 is 0 Å². The number of halogens is 3. The van der Waals surface area contributed by atoms with Crippen LogP contribution in [0.15, 0.2) is 36.8 Å². The molecule has 0 spiro atoms. The fraction of sp³-hybridized carbons (Fsp3) is 0.333. The summed E-state index contributed by atoms with van der Waals surface area (Å²) in [5, 5.41) is 3.76. The number of alkyl halides is 3. The molecule has 6 heteroatoms. The molecular formula is C12H12F3N3. The Morgan fingerprint density at radius 3 is 2.67 bits per heavy atom. The minimum atomic E-state index is -4.41. The smallest absolute Gasteiger partial charge is 0.265 e. The van der Waals surface area contributed by atoms with Crippen molar-refractivity contribution in [2.45, 2.75) is 25.5 Å². The lowest BCUT2D eigenvalue weighted by Gasteiger charge is -2.09. The van der Waals surface area contributed by atoms with Crippen LogP contribution < -0.4 is 0 Å². The lowest BCUT2D eigenvalue weighted by molar-refractivity contribution is -0.142. The number of pyridine rings is 1. The molecule has 0 amide bonds. The summed E-state index contributed by atoms with van der Waals surface area (Å²) in [6.45, 7) is -3.67. The predicted octanol–water partition coefficient (Wildman–Crippen LogP) is 2.99.